The zero-order valence-corrected chi connectivity index (χ0v) is 46.6. The van der Waals surface area contributed by atoms with E-state index in [9.17, 15) is 26.3 Å². The van der Waals surface area contributed by atoms with Gasteiger partial charge in [-0.05, 0) is 187 Å². The van der Waals surface area contributed by atoms with Crippen molar-refractivity contribution in [3.05, 3.63) is 47.6 Å². The lowest BCUT2D eigenvalue weighted by molar-refractivity contribution is -0.340. The summed E-state index contributed by atoms with van der Waals surface area (Å²) in [6, 6.07) is 0. The molecule has 0 aromatic rings. The average Bonchev–Trinajstić information content (AvgIpc) is 3.47. The molecule has 64 heavy (non-hydrogen) atoms. The normalized spacial score (nSPS) is 29.0. The minimum atomic E-state index is -5.82. The highest BCUT2D eigenvalue weighted by atomic mass is 28.4. The molecule has 6 atom stereocenters. The van der Waals surface area contributed by atoms with Crippen LogP contribution in [0.15, 0.2) is 47.6 Å². The molecule has 14 heteroatoms. The SMILES string of the molecule is [2H]C([2H])([2H])C(CCC[C@@H](C/C=C/C(O[Si](C)(C)C)(C(F)(F)F)C(F)(F)F)[C@H]1CC[C@H]2/C(=C/C=C3/C[C@@H](O[Si](C)(C)C(C)(C)C)C[C@H](O[Si](C)(C)C(C)(C)C)C3=C)CCC[C@]12C)(O[Si](C)(C)C)C([2H])([2H])[2H]. The number of halogens is 6. The molecule has 0 heterocycles. The Morgan fingerprint density at radius 3 is 1.84 bits per heavy atom. The molecule has 0 aromatic heterocycles. The molecular formula is C50H90F6O4Si4. The first-order valence-corrected chi connectivity index (χ1v) is 36.3. The van der Waals surface area contributed by atoms with Gasteiger partial charge in [-0.15, -0.1) is 0 Å². The second-order valence-electron chi connectivity index (χ2n) is 24.6. The summed E-state index contributed by atoms with van der Waals surface area (Å²) in [5.74, 6) is -0.652. The van der Waals surface area contributed by atoms with Crippen molar-refractivity contribution in [1.82, 2.24) is 0 Å². The topological polar surface area (TPSA) is 36.9 Å². The summed E-state index contributed by atoms with van der Waals surface area (Å²) in [5.41, 5.74) is -4.21. The molecule has 0 saturated heterocycles. The van der Waals surface area contributed by atoms with Gasteiger partial charge in [-0.1, -0.05) is 85.3 Å². The van der Waals surface area contributed by atoms with Gasteiger partial charge in [0.1, 0.15) is 0 Å². The van der Waals surface area contributed by atoms with Crippen molar-refractivity contribution in [2.75, 3.05) is 0 Å². The Bertz CT molecular complexity index is 1870. The van der Waals surface area contributed by atoms with Gasteiger partial charge in [-0.3, -0.25) is 0 Å². The Labute approximate surface area is 399 Å². The minimum absolute atomic E-state index is 0.000343. The largest absolute Gasteiger partial charge is 0.429 e. The Morgan fingerprint density at radius 2 is 1.34 bits per heavy atom. The summed E-state index contributed by atoms with van der Waals surface area (Å²) in [4.78, 5) is 0. The van der Waals surface area contributed by atoms with Gasteiger partial charge in [0.15, 0.2) is 33.3 Å². The molecule has 0 bridgehead atoms. The fraction of sp³-hybridized carbons (Fsp3) is 0.840. The van der Waals surface area contributed by atoms with Crippen molar-refractivity contribution >= 4 is 33.3 Å². The van der Waals surface area contributed by atoms with Crippen molar-refractivity contribution in [3.8, 4) is 0 Å². The van der Waals surface area contributed by atoms with Crippen LogP contribution in [0.3, 0.4) is 0 Å². The van der Waals surface area contributed by atoms with Crippen LogP contribution in [0.1, 0.15) is 141 Å². The fourth-order valence-electron chi connectivity index (χ4n) is 9.88. The van der Waals surface area contributed by atoms with Crippen molar-refractivity contribution in [1.29, 1.82) is 0 Å². The quantitative estimate of drug-likeness (QED) is 0.0827. The standard InChI is InChI=1S/C50H90F6O4Si4/c1-36-39(34-40(57-63(17,18)44(2,3)4)35-43(36)58-64(19,20)45(5,6)7)28-27-38-25-22-32-47(10)41(29-30-42(38)47)37(24-21-31-46(8,9)59-61(11,12)13)26-23-33-48(49(51,52)53,50(54,55)56)60-62(14,15)16/h23,27-28,33,37,40-43H,1,21-22,24-26,29-32,34-35H2,2-20H3/b33-23+,38-27+,39-28-/t37-,40+,41+,42-,43-,47+/m0/s1/i8D3,9D3. The first-order chi connectivity index (χ1) is 31.0. The highest BCUT2D eigenvalue weighted by molar-refractivity contribution is 6.74. The number of allylic oxidation sites excluding steroid dienone is 4. The maximum atomic E-state index is 14.7. The number of rotatable bonds is 17. The van der Waals surface area contributed by atoms with Crippen LogP contribution in [0.4, 0.5) is 26.3 Å². The summed E-state index contributed by atoms with van der Waals surface area (Å²) >= 11 is 0. The lowest BCUT2D eigenvalue weighted by Crippen LogP contribution is -2.61. The summed E-state index contributed by atoms with van der Waals surface area (Å²) in [7, 11) is -10.7. The second kappa shape index (κ2) is 19.9. The molecule has 0 aliphatic heterocycles. The minimum Gasteiger partial charge on any atom is -0.413 e. The number of hydrogen-bond acceptors (Lipinski definition) is 4. The fourth-order valence-corrected chi connectivity index (χ4v) is 15.0. The molecule has 3 fully saturated rings. The van der Waals surface area contributed by atoms with Crippen LogP contribution in [0.2, 0.25) is 75.5 Å². The molecule has 3 rings (SSSR count). The first kappa shape index (κ1) is 48.3. The predicted molar refractivity (Wildman–Crippen MR) is 266 cm³/mol. The van der Waals surface area contributed by atoms with Gasteiger partial charge < -0.3 is 17.7 Å². The Balaban J connectivity index is 2.16. The van der Waals surface area contributed by atoms with E-state index in [-0.39, 0.29) is 59.5 Å². The van der Waals surface area contributed by atoms with E-state index in [1.165, 1.54) is 25.2 Å². The third kappa shape index (κ3) is 14.4. The van der Waals surface area contributed by atoms with Crippen LogP contribution in [0.25, 0.3) is 0 Å². The number of fused-ring (bicyclic) bond motifs is 1. The predicted octanol–water partition coefficient (Wildman–Crippen LogP) is 17.3. The molecule has 3 aliphatic carbocycles. The van der Waals surface area contributed by atoms with Gasteiger partial charge in [0, 0.05) is 14.6 Å². The van der Waals surface area contributed by atoms with Gasteiger partial charge in [-0.25, -0.2) is 0 Å². The molecule has 3 aliphatic rings. The summed E-state index contributed by atoms with van der Waals surface area (Å²) in [6.07, 6.45) is -1.67. The van der Waals surface area contributed by atoms with Crippen LogP contribution in [0.5, 0.6) is 0 Å². The summed E-state index contributed by atoms with van der Waals surface area (Å²) in [6.45, 7) is 32.0. The lowest BCUT2D eigenvalue weighted by atomic mass is 9.60. The van der Waals surface area contributed by atoms with E-state index < -0.39 is 88.3 Å². The Kier molecular flexibility index (Phi) is 15.0. The summed E-state index contributed by atoms with van der Waals surface area (Å²) in [5, 5.41) is -0.0252. The smallest absolute Gasteiger partial charge is 0.413 e. The zero-order chi connectivity index (χ0) is 54.6. The van der Waals surface area contributed by atoms with Crippen molar-refractivity contribution < 1.29 is 52.3 Å². The second-order valence-corrected chi connectivity index (χ2v) is 43.0. The molecule has 0 radical (unpaired) electrons. The van der Waals surface area contributed by atoms with E-state index in [1.807, 2.05) is 0 Å². The average molecular weight is 988 g/mol. The number of alkyl halides is 6. The van der Waals surface area contributed by atoms with E-state index in [0.717, 1.165) is 42.9 Å². The molecule has 0 unspecified atom stereocenters. The van der Waals surface area contributed by atoms with Crippen LogP contribution in [-0.2, 0) is 17.7 Å². The van der Waals surface area contributed by atoms with E-state index in [1.54, 1.807) is 19.6 Å². The van der Waals surface area contributed by atoms with Gasteiger partial charge >= 0.3 is 12.4 Å². The van der Waals surface area contributed by atoms with Gasteiger partial charge in [0.2, 0.25) is 0 Å². The van der Waals surface area contributed by atoms with E-state index >= 15 is 0 Å². The highest BCUT2D eigenvalue weighted by Gasteiger charge is 2.71. The van der Waals surface area contributed by atoms with Crippen molar-refractivity contribution in [3.63, 3.8) is 0 Å². The lowest BCUT2D eigenvalue weighted by Gasteiger charge is -2.46. The van der Waals surface area contributed by atoms with Crippen molar-refractivity contribution in [2.45, 2.75) is 244 Å². The van der Waals surface area contributed by atoms with E-state index in [0.29, 0.717) is 19.3 Å². The third-order valence-electron chi connectivity index (χ3n) is 15.0. The van der Waals surface area contributed by atoms with Crippen LogP contribution in [-0.4, -0.2) is 69.0 Å². The molecule has 3 saturated carbocycles. The van der Waals surface area contributed by atoms with Gasteiger partial charge in [0.25, 0.3) is 5.60 Å². The van der Waals surface area contributed by atoms with Crippen LogP contribution in [0, 0.1) is 23.2 Å². The molecule has 0 spiro atoms. The molecule has 0 amide bonds. The maximum Gasteiger partial charge on any atom is 0.429 e. The van der Waals surface area contributed by atoms with Gasteiger partial charge in [0.05, 0.1) is 17.8 Å². The zero-order valence-electron chi connectivity index (χ0n) is 48.6. The van der Waals surface area contributed by atoms with Crippen LogP contribution >= 0.6 is 0 Å². The van der Waals surface area contributed by atoms with Crippen molar-refractivity contribution in [2.24, 2.45) is 23.2 Å². The monoisotopic (exact) mass is 987 g/mol. The van der Waals surface area contributed by atoms with Gasteiger partial charge in [-0.2, -0.15) is 26.3 Å². The molecule has 0 aromatic carbocycles. The highest BCUT2D eigenvalue weighted by Crippen LogP contribution is 2.61. The Hall–Kier alpha value is -0.752. The molecular weight excluding hydrogens is 891 g/mol. The maximum absolute atomic E-state index is 14.7. The van der Waals surface area contributed by atoms with E-state index in [2.05, 4.69) is 93.4 Å². The first-order valence-electron chi connectivity index (χ1n) is 26.6. The molecule has 0 N–H and O–H groups in total. The number of hydrogen-bond donors (Lipinski definition) is 0. The molecule has 372 valence electrons. The van der Waals surface area contributed by atoms with Crippen LogP contribution < -0.4 is 0 Å². The Morgan fingerprint density at radius 1 is 0.797 bits per heavy atom. The van der Waals surface area contributed by atoms with E-state index in [4.69, 9.17) is 25.9 Å². The summed E-state index contributed by atoms with van der Waals surface area (Å²) < 4.78 is 164. The molecule has 4 nitrogen and oxygen atoms in total. The third-order valence-corrected chi connectivity index (χ3v) is 25.9.